The molecule has 4 rings (SSSR count). The minimum atomic E-state index is -0.0349. The van der Waals surface area contributed by atoms with Crippen LogP contribution in [0.4, 0.5) is 0 Å². The number of carbonyl (C=O) groups excluding carboxylic acids is 1. The first kappa shape index (κ1) is 17.3. The van der Waals surface area contributed by atoms with Gasteiger partial charge in [-0.05, 0) is 17.2 Å². The van der Waals surface area contributed by atoms with E-state index in [1.54, 1.807) is 6.20 Å². The van der Waals surface area contributed by atoms with Crippen molar-refractivity contribution in [2.75, 3.05) is 13.2 Å². The number of fused-ring (bicyclic) bond motifs is 1. The molecule has 3 aromatic rings. The van der Waals surface area contributed by atoms with E-state index in [9.17, 15) is 4.79 Å². The van der Waals surface area contributed by atoms with Gasteiger partial charge in [0.2, 0.25) is 5.88 Å². The average Bonchev–Trinajstić information content (AvgIpc) is 2.71. The van der Waals surface area contributed by atoms with E-state index in [4.69, 9.17) is 4.74 Å². The van der Waals surface area contributed by atoms with Crippen molar-refractivity contribution in [1.29, 1.82) is 0 Å². The SMILES string of the molecule is C[C@@H]1COc2nccc(-c3ccccc3)c2C(=O)N(Cc2ccccc2)C1. The predicted molar refractivity (Wildman–Crippen MR) is 106 cm³/mol. The zero-order chi connectivity index (χ0) is 18.6. The van der Waals surface area contributed by atoms with Crippen LogP contribution in [0, 0.1) is 5.92 Å². The maximum Gasteiger partial charge on any atom is 0.260 e. The Morgan fingerprint density at radius 1 is 1.04 bits per heavy atom. The number of benzene rings is 2. The Balaban J connectivity index is 1.78. The standard InChI is InChI=1S/C23H22N2O2/c1-17-14-25(15-18-8-4-2-5-9-18)23(26)21-20(19-10-6-3-7-11-19)12-13-24-22(21)27-16-17/h2-13,17H,14-16H2,1H3/t17-/m0/s1. The van der Waals surface area contributed by atoms with Crippen LogP contribution in [0.1, 0.15) is 22.8 Å². The molecule has 0 radical (unpaired) electrons. The van der Waals surface area contributed by atoms with Crippen molar-refractivity contribution in [1.82, 2.24) is 9.88 Å². The lowest BCUT2D eigenvalue weighted by atomic mass is 9.99. The zero-order valence-corrected chi connectivity index (χ0v) is 15.3. The molecule has 136 valence electrons. The van der Waals surface area contributed by atoms with Gasteiger partial charge in [-0.15, -0.1) is 0 Å². The second kappa shape index (κ2) is 7.62. The minimum absolute atomic E-state index is 0.0349. The lowest BCUT2D eigenvalue weighted by Gasteiger charge is -2.30. The van der Waals surface area contributed by atoms with Gasteiger partial charge in [0.15, 0.2) is 0 Å². The fourth-order valence-corrected chi connectivity index (χ4v) is 3.45. The monoisotopic (exact) mass is 358 g/mol. The highest BCUT2D eigenvalue weighted by atomic mass is 16.5. The van der Waals surface area contributed by atoms with Crippen LogP contribution in [-0.2, 0) is 6.54 Å². The van der Waals surface area contributed by atoms with E-state index >= 15 is 0 Å². The normalized spacial score (nSPS) is 16.9. The molecule has 4 nitrogen and oxygen atoms in total. The van der Waals surface area contributed by atoms with Crippen molar-refractivity contribution < 1.29 is 9.53 Å². The largest absolute Gasteiger partial charge is 0.477 e. The van der Waals surface area contributed by atoms with Gasteiger partial charge in [-0.2, -0.15) is 0 Å². The van der Waals surface area contributed by atoms with Crippen molar-refractivity contribution in [3.8, 4) is 17.0 Å². The molecule has 0 saturated carbocycles. The Morgan fingerprint density at radius 2 is 1.74 bits per heavy atom. The predicted octanol–water partition coefficient (Wildman–Crippen LogP) is 4.42. The Bertz CT molecular complexity index is 926. The first-order valence-corrected chi connectivity index (χ1v) is 9.23. The molecule has 2 aromatic carbocycles. The third kappa shape index (κ3) is 3.70. The Kier molecular flexibility index (Phi) is 4.88. The lowest BCUT2D eigenvalue weighted by Crippen LogP contribution is -2.38. The molecule has 0 unspecified atom stereocenters. The summed E-state index contributed by atoms with van der Waals surface area (Å²) in [5.41, 5.74) is 3.51. The second-order valence-electron chi connectivity index (χ2n) is 6.99. The molecule has 27 heavy (non-hydrogen) atoms. The number of hydrogen-bond donors (Lipinski definition) is 0. The van der Waals surface area contributed by atoms with Gasteiger partial charge in [-0.25, -0.2) is 4.98 Å². The first-order valence-electron chi connectivity index (χ1n) is 9.23. The van der Waals surface area contributed by atoms with Gasteiger partial charge in [0.25, 0.3) is 5.91 Å². The molecule has 1 aliphatic heterocycles. The summed E-state index contributed by atoms with van der Waals surface area (Å²) in [6.07, 6.45) is 1.71. The van der Waals surface area contributed by atoms with E-state index in [-0.39, 0.29) is 11.8 Å². The topological polar surface area (TPSA) is 42.4 Å². The molecular formula is C23H22N2O2. The number of amides is 1. The Labute approximate surface area is 159 Å². The second-order valence-corrected chi connectivity index (χ2v) is 6.99. The zero-order valence-electron chi connectivity index (χ0n) is 15.3. The highest BCUT2D eigenvalue weighted by molar-refractivity contribution is 6.03. The van der Waals surface area contributed by atoms with Gasteiger partial charge in [-0.1, -0.05) is 67.6 Å². The molecule has 1 aromatic heterocycles. The van der Waals surface area contributed by atoms with Crippen LogP contribution < -0.4 is 4.74 Å². The lowest BCUT2D eigenvalue weighted by molar-refractivity contribution is 0.0665. The summed E-state index contributed by atoms with van der Waals surface area (Å²) in [5.74, 6) is 0.617. The molecule has 0 bridgehead atoms. The van der Waals surface area contributed by atoms with Crippen LogP contribution >= 0.6 is 0 Å². The van der Waals surface area contributed by atoms with E-state index in [1.807, 2.05) is 59.5 Å². The van der Waals surface area contributed by atoms with Crippen LogP contribution in [0.2, 0.25) is 0 Å². The Hall–Kier alpha value is -3.14. The molecule has 0 aliphatic carbocycles. The van der Waals surface area contributed by atoms with Crippen LogP contribution in [0.25, 0.3) is 11.1 Å². The van der Waals surface area contributed by atoms with Crippen molar-refractivity contribution >= 4 is 5.91 Å². The molecule has 1 amide bonds. The van der Waals surface area contributed by atoms with E-state index < -0.39 is 0 Å². The van der Waals surface area contributed by atoms with Gasteiger partial charge >= 0.3 is 0 Å². The van der Waals surface area contributed by atoms with E-state index in [1.165, 1.54) is 0 Å². The third-order valence-corrected chi connectivity index (χ3v) is 4.75. The first-order chi connectivity index (χ1) is 13.2. The van der Waals surface area contributed by atoms with Gasteiger partial charge in [0.1, 0.15) is 5.56 Å². The fraction of sp³-hybridized carbons (Fsp3) is 0.217. The molecule has 0 saturated heterocycles. The summed E-state index contributed by atoms with van der Waals surface area (Å²) >= 11 is 0. The summed E-state index contributed by atoms with van der Waals surface area (Å²) in [6.45, 7) is 3.86. The molecule has 0 fully saturated rings. The Morgan fingerprint density at radius 3 is 2.48 bits per heavy atom. The number of rotatable bonds is 3. The van der Waals surface area contributed by atoms with Crippen molar-refractivity contribution in [3.05, 3.63) is 84.1 Å². The highest BCUT2D eigenvalue weighted by Crippen LogP contribution is 2.32. The molecule has 4 heteroatoms. The van der Waals surface area contributed by atoms with Gasteiger partial charge in [-0.3, -0.25) is 4.79 Å². The number of pyridine rings is 1. The number of ether oxygens (including phenoxy) is 1. The summed E-state index contributed by atoms with van der Waals surface area (Å²) in [7, 11) is 0. The van der Waals surface area contributed by atoms with Crippen molar-refractivity contribution in [2.24, 2.45) is 5.92 Å². The molecule has 1 atom stereocenters. The maximum atomic E-state index is 13.5. The number of hydrogen-bond acceptors (Lipinski definition) is 3. The number of nitrogens with zero attached hydrogens (tertiary/aromatic N) is 2. The molecule has 0 spiro atoms. The maximum absolute atomic E-state index is 13.5. The summed E-state index contributed by atoms with van der Waals surface area (Å²) in [6, 6.07) is 21.9. The van der Waals surface area contributed by atoms with Crippen LogP contribution in [-0.4, -0.2) is 28.9 Å². The average molecular weight is 358 g/mol. The molecule has 0 N–H and O–H groups in total. The van der Waals surface area contributed by atoms with Crippen molar-refractivity contribution in [3.63, 3.8) is 0 Å². The summed E-state index contributed by atoms with van der Waals surface area (Å²) in [5, 5.41) is 0. The van der Waals surface area contributed by atoms with E-state index in [0.29, 0.717) is 31.1 Å². The molecule has 1 aliphatic rings. The van der Waals surface area contributed by atoms with E-state index in [0.717, 1.165) is 16.7 Å². The number of aromatic nitrogens is 1. The van der Waals surface area contributed by atoms with Crippen LogP contribution in [0.5, 0.6) is 5.88 Å². The summed E-state index contributed by atoms with van der Waals surface area (Å²) in [4.78, 5) is 19.8. The molecule has 2 heterocycles. The van der Waals surface area contributed by atoms with Crippen LogP contribution in [0.3, 0.4) is 0 Å². The quantitative estimate of drug-likeness (QED) is 0.696. The number of carbonyl (C=O) groups is 1. The van der Waals surface area contributed by atoms with Gasteiger partial charge in [0, 0.05) is 30.8 Å². The highest BCUT2D eigenvalue weighted by Gasteiger charge is 2.28. The van der Waals surface area contributed by atoms with Crippen LogP contribution in [0.15, 0.2) is 72.9 Å². The molecular weight excluding hydrogens is 336 g/mol. The van der Waals surface area contributed by atoms with Gasteiger partial charge in [0.05, 0.1) is 6.61 Å². The minimum Gasteiger partial charge on any atom is -0.477 e. The van der Waals surface area contributed by atoms with E-state index in [2.05, 4.69) is 24.0 Å². The van der Waals surface area contributed by atoms with Crippen molar-refractivity contribution in [2.45, 2.75) is 13.5 Å². The fourth-order valence-electron chi connectivity index (χ4n) is 3.45. The van der Waals surface area contributed by atoms with Gasteiger partial charge < -0.3 is 9.64 Å². The third-order valence-electron chi connectivity index (χ3n) is 4.75. The summed E-state index contributed by atoms with van der Waals surface area (Å²) < 4.78 is 5.91. The smallest absolute Gasteiger partial charge is 0.260 e.